The Morgan fingerprint density at radius 2 is 1.86 bits per heavy atom. The van der Waals surface area contributed by atoms with Gasteiger partial charge in [-0.1, -0.05) is 55.3 Å². The van der Waals surface area contributed by atoms with Crippen LogP contribution >= 0.6 is 11.8 Å². The monoisotopic (exact) mass is 398 g/mol. The topological polar surface area (TPSA) is 46.3 Å². The highest BCUT2D eigenvalue weighted by molar-refractivity contribution is 7.99. The number of nitrogens with zero attached hydrogens (tertiary/aromatic N) is 2. The first-order valence-corrected chi connectivity index (χ1v) is 10.7. The van der Waals surface area contributed by atoms with Crippen LogP contribution in [0.3, 0.4) is 0 Å². The minimum absolute atomic E-state index is 0.0727. The summed E-state index contributed by atoms with van der Waals surface area (Å²) < 4.78 is 18.9. The Morgan fingerprint density at radius 1 is 1.11 bits per heavy atom. The Bertz CT molecular complexity index is 902. The van der Waals surface area contributed by atoms with Gasteiger partial charge in [0.15, 0.2) is 5.58 Å². The molecule has 0 aliphatic heterocycles. The molecule has 4 nitrogen and oxygen atoms in total. The highest BCUT2D eigenvalue weighted by atomic mass is 32.2. The van der Waals surface area contributed by atoms with Crippen LogP contribution in [-0.4, -0.2) is 27.6 Å². The van der Waals surface area contributed by atoms with Crippen molar-refractivity contribution in [2.24, 2.45) is 0 Å². The van der Waals surface area contributed by atoms with Gasteiger partial charge in [0.1, 0.15) is 11.3 Å². The van der Waals surface area contributed by atoms with E-state index in [0.29, 0.717) is 11.8 Å². The van der Waals surface area contributed by atoms with Gasteiger partial charge in [0, 0.05) is 12.6 Å². The Kier molecular flexibility index (Phi) is 5.95. The molecule has 4 rings (SSSR count). The quantitative estimate of drug-likeness (QED) is 0.520. The van der Waals surface area contributed by atoms with Crippen molar-refractivity contribution in [3.63, 3.8) is 0 Å². The maximum absolute atomic E-state index is 13.2. The number of hydrogen-bond donors (Lipinski definition) is 0. The highest BCUT2D eigenvalue weighted by Gasteiger charge is 2.26. The predicted octanol–water partition coefficient (Wildman–Crippen LogP) is 5.42. The zero-order valence-electron chi connectivity index (χ0n) is 15.6. The molecule has 0 atom stereocenters. The van der Waals surface area contributed by atoms with Crippen LogP contribution in [0.5, 0.6) is 0 Å². The summed E-state index contributed by atoms with van der Waals surface area (Å²) in [5.74, 6) is 0.0964. The lowest BCUT2D eigenvalue weighted by Crippen LogP contribution is -2.41. The summed E-state index contributed by atoms with van der Waals surface area (Å²) >= 11 is 1.33. The van der Waals surface area contributed by atoms with Crippen molar-refractivity contribution in [2.45, 2.75) is 49.9 Å². The van der Waals surface area contributed by atoms with Gasteiger partial charge in [-0.15, -0.1) is 0 Å². The fourth-order valence-corrected chi connectivity index (χ4v) is 4.44. The maximum atomic E-state index is 13.2. The molecular weight excluding hydrogens is 375 g/mol. The van der Waals surface area contributed by atoms with Gasteiger partial charge in [0.05, 0.1) is 5.75 Å². The largest absolute Gasteiger partial charge is 0.431 e. The molecule has 6 heteroatoms. The van der Waals surface area contributed by atoms with Gasteiger partial charge in [0.2, 0.25) is 5.91 Å². The molecule has 1 heterocycles. The fourth-order valence-electron chi connectivity index (χ4n) is 3.72. The van der Waals surface area contributed by atoms with Gasteiger partial charge >= 0.3 is 0 Å². The van der Waals surface area contributed by atoms with Crippen LogP contribution in [0, 0.1) is 5.82 Å². The third-order valence-corrected chi connectivity index (χ3v) is 6.01. The predicted molar refractivity (Wildman–Crippen MR) is 109 cm³/mol. The Hall–Kier alpha value is -2.34. The molecular formula is C22H23FN2O2S. The van der Waals surface area contributed by atoms with Crippen molar-refractivity contribution < 1.29 is 13.6 Å². The number of oxazole rings is 1. The summed E-state index contributed by atoms with van der Waals surface area (Å²) in [7, 11) is 0. The molecule has 1 amide bonds. The van der Waals surface area contributed by atoms with E-state index in [0.717, 1.165) is 42.3 Å². The molecule has 0 saturated heterocycles. The fraction of sp³-hybridized carbons (Fsp3) is 0.364. The second-order valence-electron chi connectivity index (χ2n) is 7.18. The number of benzene rings is 2. The Balaban J connectivity index is 1.46. The summed E-state index contributed by atoms with van der Waals surface area (Å²) in [6.45, 7) is 0.512. The molecule has 1 aliphatic rings. The lowest BCUT2D eigenvalue weighted by Gasteiger charge is -2.34. The standard InChI is InChI=1S/C22H23FN2O2S/c23-17-12-10-16(11-13-17)14-25(18-6-2-1-3-7-18)21(26)15-28-22-24-19-8-4-5-9-20(19)27-22/h4-5,8-13,18H,1-3,6-7,14-15H2. The van der Waals surface area contributed by atoms with Crippen LogP contribution in [0.2, 0.25) is 0 Å². The van der Waals surface area contributed by atoms with Gasteiger partial charge in [0.25, 0.3) is 5.22 Å². The molecule has 0 radical (unpaired) electrons. The molecule has 3 aromatic rings. The average Bonchev–Trinajstić information content (AvgIpc) is 3.15. The van der Waals surface area contributed by atoms with E-state index in [2.05, 4.69) is 4.98 Å². The Labute approximate surface area is 168 Å². The summed E-state index contributed by atoms with van der Waals surface area (Å²) in [4.78, 5) is 19.5. The van der Waals surface area contributed by atoms with E-state index in [1.54, 1.807) is 12.1 Å². The maximum Gasteiger partial charge on any atom is 0.257 e. The van der Waals surface area contributed by atoms with E-state index in [-0.39, 0.29) is 23.5 Å². The van der Waals surface area contributed by atoms with E-state index in [9.17, 15) is 9.18 Å². The summed E-state index contributed by atoms with van der Waals surface area (Å²) in [5, 5.41) is 0.514. The molecule has 2 aromatic carbocycles. The molecule has 1 aliphatic carbocycles. The lowest BCUT2D eigenvalue weighted by molar-refractivity contribution is -0.132. The number of rotatable bonds is 6. The second-order valence-corrected chi connectivity index (χ2v) is 8.10. The van der Waals surface area contributed by atoms with Crippen LogP contribution < -0.4 is 0 Å². The highest BCUT2D eigenvalue weighted by Crippen LogP contribution is 2.27. The van der Waals surface area contributed by atoms with Gasteiger partial charge in [-0.25, -0.2) is 9.37 Å². The third-order valence-electron chi connectivity index (χ3n) is 5.20. The van der Waals surface area contributed by atoms with Crippen molar-refractivity contribution in [3.8, 4) is 0 Å². The van der Waals surface area contributed by atoms with E-state index in [1.807, 2.05) is 29.2 Å². The first-order valence-electron chi connectivity index (χ1n) is 9.71. The average molecular weight is 399 g/mol. The van der Waals surface area contributed by atoms with E-state index in [1.165, 1.54) is 30.3 Å². The number of amides is 1. The van der Waals surface area contributed by atoms with Crippen molar-refractivity contribution in [1.29, 1.82) is 0 Å². The van der Waals surface area contributed by atoms with Crippen LogP contribution in [0.4, 0.5) is 4.39 Å². The van der Waals surface area contributed by atoms with Crippen LogP contribution in [0.15, 0.2) is 58.2 Å². The van der Waals surface area contributed by atoms with Gasteiger partial charge < -0.3 is 9.32 Å². The SMILES string of the molecule is O=C(CSc1nc2ccccc2o1)N(Cc1ccc(F)cc1)C1CCCCC1. The van der Waals surface area contributed by atoms with Crippen molar-refractivity contribution in [3.05, 3.63) is 59.9 Å². The van der Waals surface area contributed by atoms with E-state index in [4.69, 9.17) is 4.42 Å². The number of hydrogen-bond acceptors (Lipinski definition) is 4. The summed E-state index contributed by atoms with van der Waals surface area (Å²) in [5.41, 5.74) is 2.48. The molecule has 0 N–H and O–H groups in total. The zero-order chi connectivity index (χ0) is 19.3. The number of carbonyl (C=O) groups is 1. The number of carbonyl (C=O) groups excluding carboxylic acids is 1. The number of para-hydroxylation sites is 2. The minimum atomic E-state index is -0.259. The van der Waals surface area contributed by atoms with Crippen LogP contribution in [0.1, 0.15) is 37.7 Å². The normalized spacial score (nSPS) is 15.0. The van der Waals surface area contributed by atoms with Crippen molar-refractivity contribution >= 4 is 28.8 Å². The Morgan fingerprint density at radius 3 is 2.61 bits per heavy atom. The molecule has 0 bridgehead atoms. The molecule has 1 saturated carbocycles. The van der Waals surface area contributed by atoms with Gasteiger partial charge in [-0.2, -0.15) is 0 Å². The van der Waals surface area contributed by atoms with Gasteiger partial charge in [-0.3, -0.25) is 4.79 Å². The minimum Gasteiger partial charge on any atom is -0.431 e. The van der Waals surface area contributed by atoms with Crippen molar-refractivity contribution in [1.82, 2.24) is 9.88 Å². The smallest absolute Gasteiger partial charge is 0.257 e. The molecule has 0 unspecified atom stereocenters. The molecule has 1 fully saturated rings. The third kappa shape index (κ3) is 4.55. The molecule has 0 spiro atoms. The summed E-state index contributed by atoms with van der Waals surface area (Å²) in [6.07, 6.45) is 5.58. The number of halogens is 1. The van der Waals surface area contributed by atoms with Crippen LogP contribution in [-0.2, 0) is 11.3 Å². The molecule has 146 valence electrons. The van der Waals surface area contributed by atoms with E-state index >= 15 is 0 Å². The second kappa shape index (κ2) is 8.78. The molecule has 28 heavy (non-hydrogen) atoms. The first kappa shape index (κ1) is 19.0. The van der Waals surface area contributed by atoms with E-state index < -0.39 is 0 Å². The number of thioether (sulfide) groups is 1. The lowest BCUT2D eigenvalue weighted by atomic mass is 9.94. The zero-order valence-corrected chi connectivity index (χ0v) is 16.5. The molecule has 1 aromatic heterocycles. The number of aromatic nitrogens is 1. The summed E-state index contributed by atoms with van der Waals surface area (Å²) in [6, 6.07) is 14.2. The first-order chi connectivity index (χ1) is 13.7. The number of fused-ring (bicyclic) bond motifs is 1. The van der Waals surface area contributed by atoms with Crippen molar-refractivity contribution in [2.75, 3.05) is 5.75 Å². The van der Waals surface area contributed by atoms with Gasteiger partial charge in [-0.05, 0) is 42.7 Å². The van der Waals surface area contributed by atoms with Crippen LogP contribution in [0.25, 0.3) is 11.1 Å².